The molecule has 0 fully saturated rings. The summed E-state index contributed by atoms with van der Waals surface area (Å²) < 4.78 is 0. The van der Waals surface area contributed by atoms with Crippen LogP contribution in [0, 0.1) is 0 Å². The molecule has 0 atom stereocenters. The average molecular weight is 478 g/mol. The summed E-state index contributed by atoms with van der Waals surface area (Å²) in [6.07, 6.45) is 0. The fraction of sp³-hybridized carbons (Fsp3) is 0. The van der Waals surface area contributed by atoms with Crippen LogP contribution in [-0.2, 0) is 27.3 Å². The molecule has 0 saturated heterocycles. The standard InChI is InChI=1S/Cd.Pb.2Se/q2*+2;2*-2. The Morgan fingerprint density at radius 3 is 0.750 bits per heavy atom. The van der Waals surface area contributed by atoms with E-state index in [9.17, 15) is 0 Å². The molecule has 0 aliphatic heterocycles. The Balaban J connectivity index is 0. The van der Waals surface area contributed by atoms with Crippen molar-refractivity contribution in [2.45, 2.75) is 0 Å². The molecule has 0 spiro atoms. The summed E-state index contributed by atoms with van der Waals surface area (Å²) in [5.41, 5.74) is 0. The van der Waals surface area contributed by atoms with E-state index in [0.29, 0.717) is 0 Å². The van der Waals surface area contributed by atoms with Gasteiger partial charge in [-0.05, 0) is 0 Å². The summed E-state index contributed by atoms with van der Waals surface area (Å²) in [7, 11) is 0. The van der Waals surface area contributed by atoms with E-state index in [1.165, 1.54) is 0 Å². The molecule has 0 heterocycles. The smallest absolute Gasteiger partial charge is 2.00 e. The van der Waals surface area contributed by atoms with Gasteiger partial charge in [-0.25, -0.2) is 0 Å². The van der Waals surface area contributed by atoms with Gasteiger partial charge >= 0.3 is 54.6 Å². The first-order valence-corrected chi connectivity index (χ1v) is 0. The summed E-state index contributed by atoms with van der Waals surface area (Å²) in [5.74, 6) is 0. The van der Waals surface area contributed by atoms with Gasteiger partial charge < -0.3 is 34.1 Å². The van der Waals surface area contributed by atoms with Crippen LogP contribution in [0.5, 0.6) is 0 Å². The molecule has 4 heavy (non-hydrogen) atoms. The molecule has 0 aromatic heterocycles. The van der Waals surface area contributed by atoms with Crippen LogP contribution in [0.1, 0.15) is 0 Å². The van der Waals surface area contributed by atoms with Crippen molar-refractivity contribution in [3.05, 3.63) is 0 Å². The molecule has 4 heteroatoms. The third kappa shape index (κ3) is 8.86. The van der Waals surface area contributed by atoms with Gasteiger partial charge in [0.15, 0.2) is 0 Å². The Labute approximate surface area is 87.1 Å². The Bertz CT molecular complexity index is 6.00. The molecule has 0 aliphatic rings. The topological polar surface area (TPSA) is 0 Å². The summed E-state index contributed by atoms with van der Waals surface area (Å²) >= 11 is 0. The molecule has 0 bridgehead atoms. The number of hydrogen-bond acceptors (Lipinski definition) is 0. The van der Waals surface area contributed by atoms with E-state index >= 15 is 0 Å². The molecule has 0 rings (SSSR count). The van der Waals surface area contributed by atoms with Crippen LogP contribution >= 0.6 is 0 Å². The van der Waals surface area contributed by atoms with Gasteiger partial charge in [0.1, 0.15) is 0 Å². The van der Waals surface area contributed by atoms with Crippen molar-refractivity contribution in [2.24, 2.45) is 0 Å². The zero-order valence-corrected chi connectivity index (χ0v) is 13.4. The van der Waals surface area contributed by atoms with E-state index < -0.39 is 0 Å². The second-order valence-corrected chi connectivity index (χ2v) is 0. The van der Waals surface area contributed by atoms with Gasteiger partial charge in [0.2, 0.25) is 0 Å². The maximum atomic E-state index is 0. The van der Waals surface area contributed by atoms with Crippen molar-refractivity contribution in [1.29, 1.82) is 0 Å². The quantitative estimate of drug-likeness (QED) is 0.387. The first-order valence-electron chi connectivity index (χ1n) is 0. The summed E-state index contributed by atoms with van der Waals surface area (Å²) in [5, 5.41) is 0. The van der Waals surface area contributed by atoms with Gasteiger partial charge in [-0.3, -0.25) is 0 Å². The van der Waals surface area contributed by atoms with E-state index in [1.807, 2.05) is 0 Å². The Hall–Kier alpha value is 2.88. The van der Waals surface area contributed by atoms with Crippen molar-refractivity contribution in [3.8, 4) is 0 Å². The molecule has 0 saturated carbocycles. The molecular formula is CdPbSe2. The molecule has 0 unspecified atom stereocenters. The van der Waals surface area contributed by atoms with Crippen LogP contribution in [0.15, 0.2) is 0 Å². The van der Waals surface area contributed by atoms with E-state index in [1.54, 1.807) is 0 Å². The van der Waals surface area contributed by atoms with Crippen molar-refractivity contribution >= 4 is 61.4 Å². The maximum Gasteiger partial charge on any atom is 2.00 e. The second kappa shape index (κ2) is 16.9. The molecule has 2 radical (unpaired) electrons. The van der Waals surface area contributed by atoms with Crippen molar-refractivity contribution in [3.63, 3.8) is 0 Å². The molecule has 0 aliphatic carbocycles. The van der Waals surface area contributed by atoms with E-state index in [0.717, 1.165) is 0 Å². The third-order valence-corrected chi connectivity index (χ3v) is 0. The summed E-state index contributed by atoms with van der Waals surface area (Å²) in [4.78, 5) is 0. The van der Waals surface area contributed by atoms with Gasteiger partial charge in [0.05, 0.1) is 0 Å². The first-order chi connectivity index (χ1) is 0. The Morgan fingerprint density at radius 2 is 0.750 bits per heavy atom. The van der Waals surface area contributed by atoms with E-state index in [-0.39, 0.29) is 88.7 Å². The van der Waals surface area contributed by atoms with Crippen LogP contribution in [0.2, 0.25) is 0 Å². The molecule has 0 aromatic carbocycles. The van der Waals surface area contributed by atoms with Gasteiger partial charge in [0.25, 0.3) is 0 Å². The van der Waals surface area contributed by atoms with Crippen LogP contribution < -0.4 is 0 Å². The van der Waals surface area contributed by atoms with Crippen molar-refractivity contribution in [1.82, 2.24) is 0 Å². The third-order valence-electron chi connectivity index (χ3n) is 0. The fourth-order valence-corrected chi connectivity index (χ4v) is 0. The average Bonchev–Trinajstić information content (AvgIpc) is 0. The number of rotatable bonds is 0. The molecule has 0 amide bonds. The summed E-state index contributed by atoms with van der Waals surface area (Å²) in [6.45, 7) is 0. The maximum absolute atomic E-state index is 0. The molecule has 0 N–H and O–H groups in total. The van der Waals surface area contributed by atoms with Gasteiger partial charge in [-0.2, -0.15) is 0 Å². The monoisotopic (exact) mass is 482 g/mol. The molecule has 0 aromatic rings. The second-order valence-electron chi connectivity index (χ2n) is 0. The minimum atomic E-state index is 0. The van der Waals surface area contributed by atoms with Crippen LogP contribution in [0.4, 0.5) is 0 Å². The fourth-order valence-electron chi connectivity index (χ4n) is 0. The molecule has 0 nitrogen and oxygen atoms in total. The van der Waals surface area contributed by atoms with E-state index in [2.05, 4.69) is 0 Å². The van der Waals surface area contributed by atoms with E-state index in [4.69, 9.17) is 0 Å². The minimum Gasteiger partial charge on any atom is -2.00 e. The predicted molar refractivity (Wildman–Crippen MR) is 17.3 cm³/mol. The van der Waals surface area contributed by atoms with Gasteiger partial charge in [-0.1, -0.05) is 0 Å². The van der Waals surface area contributed by atoms with Gasteiger partial charge in [0, 0.05) is 0 Å². The SMILES string of the molecule is [Cd+2].[Pb+2].[Se-2].[Se-2]. The number of hydrogen-bond donors (Lipinski definition) is 0. The summed E-state index contributed by atoms with van der Waals surface area (Å²) in [6, 6.07) is 0. The predicted octanol–water partition coefficient (Wildman–Crippen LogP) is -1.14. The van der Waals surface area contributed by atoms with Crippen molar-refractivity contribution in [2.75, 3.05) is 0 Å². The zero-order chi connectivity index (χ0) is 0. The zero-order valence-electron chi connectivity index (χ0n) is 2.02. The molecular weight excluding hydrogens is 478 g/mol. The Morgan fingerprint density at radius 1 is 0.750 bits per heavy atom. The Kier molecular flexibility index (Phi) is 121. The largest absolute Gasteiger partial charge is 2.00 e. The normalized spacial score (nSPS) is 0. The van der Waals surface area contributed by atoms with Crippen molar-refractivity contribution < 1.29 is 27.3 Å². The molecule has 18 valence electrons. The minimum absolute atomic E-state index is 0. The van der Waals surface area contributed by atoms with Gasteiger partial charge in [-0.15, -0.1) is 0 Å². The first kappa shape index (κ1) is 28.7. The van der Waals surface area contributed by atoms with Crippen LogP contribution in [0.3, 0.4) is 0 Å². The van der Waals surface area contributed by atoms with Crippen LogP contribution in [-0.4, -0.2) is 61.4 Å². The van der Waals surface area contributed by atoms with Crippen LogP contribution in [0.25, 0.3) is 0 Å².